The molecule has 0 fully saturated rings. The van der Waals surface area contributed by atoms with Crippen LogP contribution in [-0.2, 0) is 6.42 Å². The maximum absolute atomic E-state index is 13.9. The smallest absolute Gasteiger partial charge is 0.271 e. The van der Waals surface area contributed by atoms with E-state index in [1.807, 2.05) is 47.9 Å². The monoisotopic (exact) mass is 572 g/mol. The third-order valence-corrected chi connectivity index (χ3v) is 8.93. The van der Waals surface area contributed by atoms with Crippen molar-refractivity contribution < 1.29 is 9.47 Å². The minimum absolute atomic E-state index is 0.0364. The molecule has 0 bridgehead atoms. The Hall–Kier alpha value is -3.42. The Bertz CT molecular complexity index is 1770. The number of benzene rings is 3. The van der Waals surface area contributed by atoms with E-state index in [0.29, 0.717) is 20.8 Å². The molecule has 0 saturated carbocycles. The molecule has 0 saturated heterocycles. The van der Waals surface area contributed by atoms with Crippen LogP contribution in [0.5, 0.6) is 11.5 Å². The molecule has 1 aromatic heterocycles. The molecule has 5 nitrogen and oxygen atoms in total. The van der Waals surface area contributed by atoms with E-state index in [1.165, 1.54) is 16.9 Å². The Labute approximate surface area is 227 Å². The molecule has 0 unspecified atom stereocenters. The van der Waals surface area contributed by atoms with Gasteiger partial charge in [0, 0.05) is 10.0 Å². The molecule has 0 spiro atoms. The van der Waals surface area contributed by atoms with E-state index in [4.69, 9.17) is 14.5 Å². The van der Waals surface area contributed by atoms with Crippen molar-refractivity contribution >= 4 is 39.0 Å². The number of rotatable bonds is 4. The van der Waals surface area contributed by atoms with Crippen LogP contribution in [0.15, 0.2) is 80.5 Å². The van der Waals surface area contributed by atoms with Crippen molar-refractivity contribution in [1.82, 2.24) is 4.57 Å². The van der Waals surface area contributed by atoms with E-state index in [-0.39, 0.29) is 11.6 Å². The quantitative estimate of drug-likeness (QED) is 0.328. The highest BCUT2D eigenvalue weighted by Crippen LogP contribution is 2.42. The van der Waals surface area contributed by atoms with E-state index in [2.05, 4.69) is 46.3 Å². The molecule has 4 aromatic rings. The second-order valence-electron chi connectivity index (χ2n) is 9.24. The molecule has 37 heavy (non-hydrogen) atoms. The summed E-state index contributed by atoms with van der Waals surface area (Å²) in [5.41, 5.74) is 7.64. The van der Waals surface area contributed by atoms with Crippen LogP contribution in [0.4, 0.5) is 0 Å². The minimum atomic E-state index is -0.272. The fourth-order valence-electron chi connectivity index (χ4n) is 5.20. The maximum atomic E-state index is 13.9. The Morgan fingerprint density at radius 3 is 2.62 bits per heavy atom. The van der Waals surface area contributed by atoms with Crippen LogP contribution in [0.2, 0.25) is 0 Å². The van der Waals surface area contributed by atoms with Crippen molar-refractivity contribution in [1.29, 1.82) is 0 Å². The van der Waals surface area contributed by atoms with E-state index in [0.717, 1.165) is 50.8 Å². The number of aromatic nitrogens is 1. The molecule has 1 aliphatic heterocycles. The Morgan fingerprint density at radius 1 is 1.03 bits per heavy atom. The first-order valence-electron chi connectivity index (χ1n) is 12.1. The molecule has 6 rings (SSSR count). The summed E-state index contributed by atoms with van der Waals surface area (Å²) in [6.07, 6.45) is 3.70. The summed E-state index contributed by atoms with van der Waals surface area (Å²) in [5.74, 6) is 1.30. The van der Waals surface area contributed by atoms with Crippen molar-refractivity contribution in [3.05, 3.63) is 118 Å². The SMILES string of the molecule is COc1ccc([C@@H]2C3=C(N=c4s/c(=C\c5ccc(C)c(Br)c5)c(=O)n42)c2ccccc2CC3)cc1OC. The van der Waals surface area contributed by atoms with Gasteiger partial charge in [0.15, 0.2) is 16.3 Å². The molecule has 0 N–H and O–H groups in total. The molecule has 0 radical (unpaired) electrons. The van der Waals surface area contributed by atoms with E-state index >= 15 is 0 Å². The predicted molar refractivity (Wildman–Crippen MR) is 151 cm³/mol. The van der Waals surface area contributed by atoms with Gasteiger partial charge in [0.05, 0.1) is 30.5 Å². The van der Waals surface area contributed by atoms with Crippen LogP contribution >= 0.6 is 27.3 Å². The van der Waals surface area contributed by atoms with Crippen LogP contribution in [0.1, 0.15) is 40.3 Å². The number of hydrogen-bond donors (Lipinski definition) is 0. The van der Waals surface area contributed by atoms with Crippen molar-refractivity contribution in [3.8, 4) is 11.5 Å². The zero-order valence-electron chi connectivity index (χ0n) is 20.7. The number of ether oxygens (including phenoxy) is 2. The van der Waals surface area contributed by atoms with Crippen molar-refractivity contribution in [2.24, 2.45) is 4.99 Å². The van der Waals surface area contributed by atoms with Crippen molar-refractivity contribution in [2.75, 3.05) is 14.2 Å². The number of nitrogens with zero attached hydrogens (tertiary/aromatic N) is 2. The lowest BCUT2D eigenvalue weighted by Crippen LogP contribution is -2.38. The Morgan fingerprint density at radius 2 is 1.84 bits per heavy atom. The fourth-order valence-corrected chi connectivity index (χ4v) is 6.59. The molecular weight excluding hydrogens is 548 g/mol. The number of methoxy groups -OCH3 is 2. The topological polar surface area (TPSA) is 52.8 Å². The molecule has 7 heteroatoms. The molecule has 1 aliphatic carbocycles. The Kier molecular flexibility index (Phi) is 6.13. The lowest BCUT2D eigenvalue weighted by Gasteiger charge is -2.31. The molecule has 2 aliphatic rings. The largest absolute Gasteiger partial charge is 0.493 e. The van der Waals surface area contributed by atoms with Gasteiger partial charge in [-0.25, -0.2) is 4.99 Å². The van der Waals surface area contributed by atoms with Gasteiger partial charge in [-0.15, -0.1) is 0 Å². The number of halogens is 1. The summed E-state index contributed by atoms with van der Waals surface area (Å²) in [7, 11) is 3.26. The van der Waals surface area contributed by atoms with Gasteiger partial charge in [0.2, 0.25) is 0 Å². The van der Waals surface area contributed by atoms with Gasteiger partial charge in [-0.1, -0.05) is 69.7 Å². The van der Waals surface area contributed by atoms with E-state index < -0.39 is 0 Å². The van der Waals surface area contributed by atoms with E-state index in [9.17, 15) is 4.79 Å². The number of hydrogen-bond acceptors (Lipinski definition) is 5. The first-order valence-corrected chi connectivity index (χ1v) is 13.7. The third kappa shape index (κ3) is 4.06. The summed E-state index contributed by atoms with van der Waals surface area (Å²) in [6, 6.07) is 20.2. The highest BCUT2D eigenvalue weighted by atomic mass is 79.9. The van der Waals surface area contributed by atoms with Gasteiger partial charge in [0.1, 0.15) is 0 Å². The second kappa shape index (κ2) is 9.47. The van der Waals surface area contributed by atoms with Crippen LogP contribution in [0.25, 0.3) is 11.8 Å². The van der Waals surface area contributed by atoms with Gasteiger partial charge in [-0.05, 0) is 71.9 Å². The minimum Gasteiger partial charge on any atom is -0.493 e. The highest BCUT2D eigenvalue weighted by molar-refractivity contribution is 9.10. The van der Waals surface area contributed by atoms with Gasteiger partial charge >= 0.3 is 0 Å². The van der Waals surface area contributed by atoms with Gasteiger partial charge in [-0.3, -0.25) is 9.36 Å². The standard InChI is InChI=1S/C30H25BrN2O3S/c1-17-8-9-18(14-23(17)31)15-26-29(34)33-28(20-11-13-24(35-2)25(16-20)36-3)22-12-10-19-6-4-5-7-21(19)27(22)32-30(33)37-26/h4-9,11,13-16,28H,10,12H2,1-3H3/b26-15-/t28-/m1/s1. The number of fused-ring (bicyclic) bond motifs is 3. The molecule has 186 valence electrons. The van der Waals surface area contributed by atoms with Crippen LogP contribution in [-0.4, -0.2) is 18.8 Å². The molecule has 2 heterocycles. The number of thiazole rings is 1. The molecule has 3 aromatic carbocycles. The average molecular weight is 574 g/mol. The average Bonchev–Trinajstić information content (AvgIpc) is 3.23. The van der Waals surface area contributed by atoms with Gasteiger partial charge in [0.25, 0.3) is 5.56 Å². The first kappa shape index (κ1) is 23.9. The zero-order chi connectivity index (χ0) is 25.7. The normalized spacial score (nSPS) is 16.5. The van der Waals surface area contributed by atoms with Gasteiger partial charge in [-0.2, -0.15) is 0 Å². The second-order valence-corrected chi connectivity index (χ2v) is 11.1. The van der Waals surface area contributed by atoms with Crippen LogP contribution in [0.3, 0.4) is 0 Å². The molecule has 0 amide bonds. The number of allylic oxidation sites excluding steroid dienone is 1. The van der Waals surface area contributed by atoms with Crippen LogP contribution < -0.4 is 24.4 Å². The first-order chi connectivity index (χ1) is 18.0. The summed E-state index contributed by atoms with van der Waals surface area (Å²) >= 11 is 5.05. The fraction of sp³-hybridized carbons (Fsp3) is 0.200. The summed E-state index contributed by atoms with van der Waals surface area (Å²) < 4.78 is 14.6. The maximum Gasteiger partial charge on any atom is 0.271 e. The molecule has 1 atom stereocenters. The zero-order valence-corrected chi connectivity index (χ0v) is 23.2. The number of aryl methyl sites for hydroxylation is 2. The summed E-state index contributed by atoms with van der Waals surface area (Å²) in [4.78, 5) is 19.7. The Balaban J connectivity index is 1.62. The summed E-state index contributed by atoms with van der Waals surface area (Å²) in [5, 5.41) is 0. The lowest BCUT2D eigenvalue weighted by molar-refractivity contribution is 0.354. The highest BCUT2D eigenvalue weighted by Gasteiger charge is 2.33. The van der Waals surface area contributed by atoms with Gasteiger partial charge < -0.3 is 9.47 Å². The lowest BCUT2D eigenvalue weighted by atomic mass is 9.83. The van der Waals surface area contributed by atoms with Crippen LogP contribution in [0, 0.1) is 6.92 Å². The predicted octanol–water partition coefficient (Wildman–Crippen LogP) is 5.41. The third-order valence-electron chi connectivity index (χ3n) is 7.09. The van der Waals surface area contributed by atoms with E-state index in [1.54, 1.807) is 14.2 Å². The molecular formula is C30H25BrN2O3S. The summed E-state index contributed by atoms with van der Waals surface area (Å²) in [6.45, 7) is 2.05. The van der Waals surface area contributed by atoms with Crippen molar-refractivity contribution in [3.63, 3.8) is 0 Å². The van der Waals surface area contributed by atoms with Crippen molar-refractivity contribution in [2.45, 2.75) is 25.8 Å².